The van der Waals surface area contributed by atoms with E-state index in [-0.39, 0.29) is 5.78 Å². The number of nitrogens with zero attached hydrogens (tertiary/aromatic N) is 2. The molecule has 0 amide bonds. The molecule has 1 aromatic heterocycles. The van der Waals surface area contributed by atoms with Gasteiger partial charge in [-0.15, -0.1) is 0 Å². The van der Waals surface area contributed by atoms with Gasteiger partial charge >= 0.3 is 0 Å². The molecule has 19 heavy (non-hydrogen) atoms. The lowest BCUT2D eigenvalue weighted by molar-refractivity contribution is 0.0982. The highest BCUT2D eigenvalue weighted by Gasteiger charge is 2.07. The lowest BCUT2D eigenvalue weighted by atomic mass is 10.1. The number of Topliss-reactive ketones (excluding diaryl/α,β-unsaturated/α-hetero) is 1. The first-order chi connectivity index (χ1) is 9.19. The molecule has 0 saturated carbocycles. The van der Waals surface area contributed by atoms with Gasteiger partial charge in [-0.3, -0.25) is 4.79 Å². The number of methoxy groups -OCH3 is 1. The van der Waals surface area contributed by atoms with Gasteiger partial charge in [0.1, 0.15) is 6.33 Å². The van der Waals surface area contributed by atoms with Crippen LogP contribution in [0.2, 0.25) is 5.02 Å². The molecular formula is C14H13ClN2O2. The highest BCUT2D eigenvalue weighted by Crippen LogP contribution is 2.13. The number of rotatable bonds is 5. The second-order valence-electron chi connectivity index (χ2n) is 3.98. The number of hydrogen-bond acceptors (Lipinski definition) is 4. The first-order valence-corrected chi connectivity index (χ1v) is 6.20. The number of carbonyl (C=O) groups is 1. The van der Waals surface area contributed by atoms with Gasteiger partial charge in [-0.05, 0) is 30.7 Å². The first kappa shape index (κ1) is 13.5. The van der Waals surface area contributed by atoms with E-state index in [0.717, 1.165) is 5.69 Å². The van der Waals surface area contributed by atoms with Crippen LogP contribution in [0.15, 0.2) is 36.7 Å². The number of aryl methyl sites for hydroxylation is 1. The fourth-order valence-corrected chi connectivity index (χ4v) is 1.77. The third-order valence-electron chi connectivity index (χ3n) is 2.68. The van der Waals surface area contributed by atoms with E-state index in [1.807, 2.05) is 0 Å². The van der Waals surface area contributed by atoms with Crippen molar-refractivity contribution < 1.29 is 9.53 Å². The Balaban J connectivity index is 1.98. The molecule has 0 aliphatic heterocycles. The van der Waals surface area contributed by atoms with Gasteiger partial charge in [0.15, 0.2) is 5.78 Å². The van der Waals surface area contributed by atoms with E-state index in [4.69, 9.17) is 16.3 Å². The Morgan fingerprint density at radius 1 is 1.26 bits per heavy atom. The number of benzene rings is 1. The normalized spacial score (nSPS) is 10.2. The number of ketones is 1. The number of hydrogen-bond donors (Lipinski definition) is 0. The summed E-state index contributed by atoms with van der Waals surface area (Å²) in [4.78, 5) is 20.0. The molecule has 0 radical (unpaired) electrons. The molecule has 0 N–H and O–H groups in total. The quantitative estimate of drug-likeness (QED) is 0.788. The number of aromatic nitrogens is 2. The third-order valence-corrected chi connectivity index (χ3v) is 2.93. The van der Waals surface area contributed by atoms with Crippen LogP contribution in [0, 0.1) is 0 Å². The highest BCUT2D eigenvalue weighted by molar-refractivity contribution is 6.30. The third kappa shape index (κ3) is 3.76. The molecule has 0 aliphatic rings. The maximum atomic E-state index is 12.0. The minimum Gasteiger partial charge on any atom is -0.481 e. The summed E-state index contributed by atoms with van der Waals surface area (Å²) in [5, 5.41) is 0.622. The molecule has 0 aliphatic carbocycles. The van der Waals surface area contributed by atoms with Crippen molar-refractivity contribution in [3.8, 4) is 5.88 Å². The summed E-state index contributed by atoms with van der Waals surface area (Å²) in [6.07, 6.45) is 2.38. The molecule has 2 aromatic rings. The molecular weight excluding hydrogens is 264 g/mol. The molecule has 1 aromatic carbocycles. The van der Waals surface area contributed by atoms with Crippen molar-refractivity contribution in [3.05, 3.63) is 52.9 Å². The van der Waals surface area contributed by atoms with Crippen molar-refractivity contribution in [3.63, 3.8) is 0 Å². The van der Waals surface area contributed by atoms with E-state index in [9.17, 15) is 4.79 Å². The van der Waals surface area contributed by atoms with E-state index in [0.29, 0.717) is 29.3 Å². The number of carbonyl (C=O) groups excluding carboxylic acids is 1. The Hall–Kier alpha value is -1.94. The number of halogens is 1. The standard InChI is InChI=1S/C14H13ClN2O2/c1-19-14-8-12(16-9-17-14)6-7-13(18)10-2-4-11(15)5-3-10/h2-5,8-9H,6-7H2,1H3. The summed E-state index contributed by atoms with van der Waals surface area (Å²) < 4.78 is 5.01. The van der Waals surface area contributed by atoms with Gasteiger partial charge in [0.05, 0.1) is 7.11 Å². The fraction of sp³-hybridized carbons (Fsp3) is 0.214. The molecule has 4 nitrogen and oxygen atoms in total. The Morgan fingerprint density at radius 2 is 2.00 bits per heavy atom. The molecule has 98 valence electrons. The van der Waals surface area contributed by atoms with Crippen molar-refractivity contribution in [1.82, 2.24) is 9.97 Å². The second kappa shape index (κ2) is 6.29. The van der Waals surface area contributed by atoms with Crippen molar-refractivity contribution >= 4 is 17.4 Å². The Labute approximate surface area is 116 Å². The van der Waals surface area contributed by atoms with Crippen LogP contribution in [0.3, 0.4) is 0 Å². The first-order valence-electron chi connectivity index (χ1n) is 5.82. The van der Waals surface area contributed by atoms with Crippen LogP contribution in [0.1, 0.15) is 22.5 Å². The largest absolute Gasteiger partial charge is 0.481 e. The van der Waals surface area contributed by atoms with Crippen LogP contribution in [0.25, 0.3) is 0 Å². The van der Waals surface area contributed by atoms with Crippen LogP contribution in [0.5, 0.6) is 5.88 Å². The highest BCUT2D eigenvalue weighted by atomic mass is 35.5. The van der Waals surface area contributed by atoms with Gasteiger partial charge in [0.2, 0.25) is 5.88 Å². The molecule has 1 heterocycles. The molecule has 5 heteroatoms. The molecule has 2 rings (SSSR count). The smallest absolute Gasteiger partial charge is 0.216 e. The van der Waals surface area contributed by atoms with Gasteiger partial charge in [-0.25, -0.2) is 9.97 Å². The summed E-state index contributed by atoms with van der Waals surface area (Å²) in [6.45, 7) is 0. The van der Waals surface area contributed by atoms with Crippen LogP contribution in [-0.2, 0) is 6.42 Å². The van der Waals surface area contributed by atoms with Crippen molar-refractivity contribution in [2.45, 2.75) is 12.8 Å². The van der Waals surface area contributed by atoms with Crippen molar-refractivity contribution in [2.24, 2.45) is 0 Å². The molecule has 0 saturated heterocycles. The van der Waals surface area contributed by atoms with E-state index in [2.05, 4.69) is 9.97 Å². The van der Waals surface area contributed by atoms with E-state index in [1.54, 1.807) is 37.4 Å². The maximum absolute atomic E-state index is 12.0. The minimum absolute atomic E-state index is 0.0641. The average Bonchev–Trinajstić information content (AvgIpc) is 2.46. The summed E-state index contributed by atoms with van der Waals surface area (Å²) in [6, 6.07) is 8.61. The number of ether oxygens (including phenoxy) is 1. The molecule has 0 unspecified atom stereocenters. The van der Waals surface area contributed by atoms with Crippen molar-refractivity contribution in [2.75, 3.05) is 7.11 Å². The monoisotopic (exact) mass is 276 g/mol. The lowest BCUT2D eigenvalue weighted by Crippen LogP contribution is -2.02. The zero-order valence-electron chi connectivity index (χ0n) is 10.5. The summed E-state index contributed by atoms with van der Waals surface area (Å²) in [5.74, 6) is 0.568. The zero-order chi connectivity index (χ0) is 13.7. The SMILES string of the molecule is COc1cc(CCC(=O)c2ccc(Cl)cc2)ncn1. The Morgan fingerprint density at radius 3 is 2.68 bits per heavy atom. The molecule has 0 spiro atoms. The van der Waals surface area contributed by atoms with Gasteiger partial charge in [0, 0.05) is 28.8 Å². The van der Waals surface area contributed by atoms with Gasteiger partial charge in [0.25, 0.3) is 0 Å². The molecule has 0 atom stereocenters. The Kier molecular flexibility index (Phi) is 4.47. The van der Waals surface area contributed by atoms with Crippen LogP contribution >= 0.6 is 11.6 Å². The van der Waals surface area contributed by atoms with Crippen molar-refractivity contribution in [1.29, 1.82) is 0 Å². The summed E-state index contributed by atoms with van der Waals surface area (Å²) >= 11 is 5.78. The molecule has 0 fully saturated rings. The van der Waals surface area contributed by atoms with E-state index >= 15 is 0 Å². The summed E-state index contributed by atoms with van der Waals surface area (Å²) in [7, 11) is 1.55. The second-order valence-corrected chi connectivity index (χ2v) is 4.42. The van der Waals surface area contributed by atoms with Crippen LogP contribution in [-0.4, -0.2) is 22.9 Å². The topological polar surface area (TPSA) is 52.1 Å². The van der Waals surface area contributed by atoms with E-state index < -0.39 is 0 Å². The lowest BCUT2D eigenvalue weighted by Gasteiger charge is -2.03. The van der Waals surface area contributed by atoms with Gasteiger partial charge < -0.3 is 4.74 Å². The van der Waals surface area contributed by atoms with E-state index in [1.165, 1.54) is 6.33 Å². The average molecular weight is 277 g/mol. The zero-order valence-corrected chi connectivity index (χ0v) is 11.2. The Bertz CT molecular complexity index is 570. The maximum Gasteiger partial charge on any atom is 0.216 e. The van der Waals surface area contributed by atoms with Gasteiger partial charge in [-0.1, -0.05) is 11.6 Å². The fourth-order valence-electron chi connectivity index (χ4n) is 1.65. The predicted molar refractivity (Wildman–Crippen MR) is 72.7 cm³/mol. The predicted octanol–water partition coefficient (Wildman–Crippen LogP) is 2.95. The van der Waals surface area contributed by atoms with Gasteiger partial charge in [-0.2, -0.15) is 0 Å². The van der Waals surface area contributed by atoms with Crippen LogP contribution in [0.4, 0.5) is 0 Å². The minimum atomic E-state index is 0.0641. The van der Waals surface area contributed by atoms with Crippen LogP contribution < -0.4 is 4.74 Å². The molecule has 0 bridgehead atoms. The summed E-state index contributed by atoms with van der Waals surface area (Å²) in [5.41, 5.74) is 1.44.